The summed E-state index contributed by atoms with van der Waals surface area (Å²) in [5.41, 5.74) is 0.880. The average molecular weight is 322 g/mol. The van der Waals surface area contributed by atoms with E-state index in [-0.39, 0.29) is 6.04 Å². The zero-order valence-corrected chi connectivity index (χ0v) is 13.5. The fourth-order valence-corrected chi connectivity index (χ4v) is 5.94. The van der Waals surface area contributed by atoms with Crippen molar-refractivity contribution in [1.29, 1.82) is 0 Å². The van der Waals surface area contributed by atoms with Crippen LogP contribution in [0.25, 0.3) is 0 Å². The zero-order chi connectivity index (χ0) is 13.9. The highest BCUT2D eigenvalue weighted by Gasteiger charge is 2.31. The third kappa shape index (κ3) is 3.32. The first kappa shape index (κ1) is 15.3. The monoisotopic (exact) mass is 321 g/mol. The molecule has 2 rings (SSSR count). The lowest BCUT2D eigenvalue weighted by molar-refractivity contribution is 0.261. The molecule has 19 heavy (non-hydrogen) atoms. The Morgan fingerprint density at radius 3 is 2.58 bits per heavy atom. The highest BCUT2D eigenvalue weighted by atomic mass is 35.5. The maximum atomic E-state index is 12.7. The topological polar surface area (TPSA) is 37.4 Å². The van der Waals surface area contributed by atoms with Crippen molar-refractivity contribution in [2.24, 2.45) is 0 Å². The van der Waals surface area contributed by atoms with Crippen LogP contribution in [0, 0.1) is 0 Å². The molecule has 1 saturated carbocycles. The molecule has 1 fully saturated rings. The summed E-state index contributed by atoms with van der Waals surface area (Å²) < 4.78 is 27.5. The second kappa shape index (κ2) is 6.57. The van der Waals surface area contributed by atoms with Crippen molar-refractivity contribution < 1.29 is 8.42 Å². The van der Waals surface area contributed by atoms with Crippen molar-refractivity contribution >= 4 is 33.0 Å². The first-order chi connectivity index (χ1) is 9.09. The SMILES string of the molecule is CCN(C1CCCCC1)S(=O)(=O)c1cc(CCl)cs1. The minimum absolute atomic E-state index is 0.172. The van der Waals surface area contributed by atoms with Gasteiger partial charge in [-0.2, -0.15) is 4.31 Å². The van der Waals surface area contributed by atoms with E-state index in [2.05, 4.69) is 0 Å². The van der Waals surface area contributed by atoms with Crippen molar-refractivity contribution in [3.05, 3.63) is 17.0 Å². The Kier molecular flexibility index (Phi) is 5.29. The molecule has 0 bridgehead atoms. The number of nitrogens with zero attached hydrogens (tertiary/aromatic N) is 1. The van der Waals surface area contributed by atoms with E-state index in [1.807, 2.05) is 12.3 Å². The zero-order valence-electron chi connectivity index (χ0n) is 11.1. The van der Waals surface area contributed by atoms with E-state index in [1.165, 1.54) is 17.8 Å². The summed E-state index contributed by atoms with van der Waals surface area (Å²) in [4.78, 5) is 0. The van der Waals surface area contributed by atoms with Gasteiger partial charge in [0, 0.05) is 18.5 Å². The van der Waals surface area contributed by atoms with Gasteiger partial charge in [-0.05, 0) is 29.9 Å². The van der Waals surface area contributed by atoms with Gasteiger partial charge in [0.2, 0.25) is 0 Å². The minimum Gasteiger partial charge on any atom is -0.206 e. The van der Waals surface area contributed by atoms with Crippen LogP contribution in [0.1, 0.15) is 44.6 Å². The molecule has 1 aromatic rings. The predicted molar refractivity (Wildman–Crippen MR) is 80.3 cm³/mol. The van der Waals surface area contributed by atoms with Crippen LogP contribution in [0.2, 0.25) is 0 Å². The van der Waals surface area contributed by atoms with Gasteiger partial charge in [0.1, 0.15) is 4.21 Å². The van der Waals surface area contributed by atoms with E-state index >= 15 is 0 Å². The fourth-order valence-electron chi connectivity index (χ4n) is 2.67. The van der Waals surface area contributed by atoms with Gasteiger partial charge in [-0.1, -0.05) is 26.2 Å². The summed E-state index contributed by atoms with van der Waals surface area (Å²) in [6, 6.07) is 1.88. The highest BCUT2D eigenvalue weighted by Crippen LogP contribution is 2.30. The molecule has 1 aliphatic carbocycles. The Morgan fingerprint density at radius 1 is 1.37 bits per heavy atom. The molecule has 0 radical (unpaired) electrons. The first-order valence-electron chi connectivity index (χ1n) is 6.74. The lowest BCUT2D eigenvalue weighted by Gasteiger charge is -2.32. The van der Waals surface area contributed by atoms with E-state index in [1.54, 1.807) is 10.4 Å². The van der Waals surface area contributed by atoms with Gasteiger partial charge in [0.25, 0.3) is 10.0 Å². The summed E-state index contributed by atoms with van der Waals surface area (Å²) in [6.07, 6.45) is 5.47. The quantitative estimate of drug-likeness (QED) is 0.773. The van der Waals surface area contributed by atoms with Crippen LogP contribution < -0.4 is 0 Å². The highest BCUT2D eigenvalue weighted by molar-refractivity contribution is 7.91. The minimum atomic E-state index is -3.35. The molecule has 1 heterocycles. The maximum absolute atomic E-state index is 12.7. The molecule has 6 heteroatoms. The lowest BCUT2D eigenvalue weighted by atomic mass is 9.95. The van der Waals surface area contributed by atoms with E-state index in [9.17, 15) is 8.42 Å². The molecule has 0 N–H and O–H groups in total. The molecule has 3 nitrogen and oxygen atoms in total. The Balaban J connectivity index is 2.24. The van der Waals surface area contributed by atoms with Gasteiger partial charge in [-0.3, -0.25) is 0 Å². The van der Waals surface area contributed by atoms with E-state index in [0.29, 0.717) is 16.6 Å². The normalized spacial score (nSPS) is 18.1. The van der Waals surface area contributed by atoms with Crippen molar-refractivity contribution in [3.63, 3.8) is 0 Å². The summed E-state index contributed by atoms with van der Waals surface area (Å²) in [5, 5.41) is 1.83. The molecule has 0 aromatic carbocycles. The summed E-state index contributed by atoms with van der Waals surface area (Å²) in [5.74, 6) is 0.363. The summed E-state index contributed by atoms with van der Waals surface area (Å²) >= 11 is 7.03. The van der Waals surface area contributed by atoms with Crippen LogP contribution in [-0.4, -0.2) is 25.3 Å². The molecule has 0 unspecified atom stereocenters. The largest absolute Gasteiger partial charge is 0.252 e. The van der Waals surface area contributed by atoms with E-state index in [0.717, 1.165) is 31.2 Å². The Bertz CT molecular complexity index is 506. The molecule has 0 saturated heterocycles. The van der Waals surface area contributed by atoms with Gasteiger partial charge in [-0.25, -0.2) is 8.42 Å². The standard InChI is InChI=1S/C13H20ClNO2S2/c1-2-15(12-6-4-3-5-7-12)19(16,17)13-8-11(9-14)10-18-13/h8,10,12H,2-7,9H2,1H3. The van der Waals surface area contributed by atoms with E-state index in [4.69, 9.17) is 11.6 Å². The van der Waals surface area contributed by atoms with Gasteiger partial charge in [-0.15, -0.1) is 22.9 Å². The number of hydrogen-bond donors (Lipinski definition) is 0. The lowest BCUT2D eigenvalue weighted by Crippen LogP contribution is -2.40. The molecule has 1 aliphatic rings. The molecule has 0 aliphatic heterocycles. The average Bonchev–Trinajstić information content (AvgIpc) is 2.90. The molecular formula is C13H20ClNO2S2. The third-order valence-corrected chi connectivity index (χ3v) is 7.44. The second-order valence-corrected chi connectivity index (χ2v) is 8.20. The third-order valence-electron chi connectivity index (χ3n) is 3.64. The Labute approximate surface area is 124 Å². The number of thiophene rings is 1. The van der Waals surface area contributed by atoms with Crippen LogP contribution in [-0.2, 0) is 15.9 Å². The van der Waals surface area contributed by atoms with Gasteiger partial charge >= 0.3 is 0 Å². The number of sulfonamides is 1. The van der Waals surface area contributed by atoms with Crippen LogP contribution >= 0.6 is 22.9 Å². The van der Waals surface area contributed by atoms with Crippen molar-refractivity contribution in [3.8, 4) is 0 Å². The number of rotatable bonds is 5. The van der Waals surface area contributed by atoms with Crippen molar-refractivity contribution in [2.45, 2.75) is 55.2 Å². The summed E-state index contributed by atoms with van der Waals surface area (Å²) in [7, 11) is -3.35. The van der Waals surface area contributed by atoms with Gasteiger partial charge in [0.05, 0.1) is 0 Å². The van der Waals surface area contributed by atoms with Crippen molar-refractivity contribution in [2.75, 3.05) is 6.54 Å². The number of hydrogen-bond acceptors (Lipinski definition) is 3. The molecule has 108 valence electrons. The number of halogens is 1. The summed E-state index contributed by atoms with van der Waals surface area (Å²) in [6.45, 7) is 2.46. The molecular weight excluding hydrogens is 302 g/mol. The predicted octanol–water partition coefficient (Wildman–Crippen LogP) is 3.83. The van der Waals surface area contributed by atoms with Gasteiger partial charge < -0.3 is 0 Å². The molecule has 0 spiro atoms. The second-order valence-electron chi connectivity index (χ2n) is 4.91. The van der Waals surface area contributed by atoms with Crippen LogP contribution in [0.15, 0.2) is 15.7 Å². The number of alkyl halides is 1. The van der Waals surface area contributed by atoms with Crippen LogP contribution in [0.3, 0.4) is 0 Å². The fraction of sp³-hybridized carbons (Fsp3) is 0.692. The van der Waals surface area contributed by atoms with Gasteiger partial charge in [0.15, 0.2) is 0 Å². The molecule has 0 amide bonds. The molecule has 0 atom stereocenters. The first-order valence-corrected chi connectivity index (χ1v) is 9.60. The molecule has 1 aromatic heterocycles. The van der Waals surface area contributed by atoms with E-state index < -0.39 is 10.0 Å². The van der Waals surface area contributed by atoms with Crippen molar-refractivity contribution in [1.82, 2.24) is 4.31 Å². The van der Waals surface area contributed by atoms with Crippen LogP contribution in [0.4, 0.5) is 0 Å². The Morgan fingerprint density at radius 2 is 2.05 bits per heavy atom. The smallest absolute Gasteiger partial charge is 0.206 e. The van der Waals surface area contributed by atoms with Crippen LogP contribution in [0.5, 0.6) is 0 Å². The Hall–Kier alpha value is -0.100. The maximum Gasteiger partial charge on any atom is 0.252 e.